The average Bonchev–Trinajstić information content (AvgIpc) is 2.80. The summed E-state index contributed by atoms with van der Waals surface area (Å²) in [5.41, 5.74) is 1.61. The van der Waals surface area contributed by atoms with E-state index in [0.717, 1.165) is 23.6 Å². The Morgan fingerprint density at radius 3 is 2.89 bits per heavy atom. The van der Waals surface area contributed by atoms with Crippen LogP contribution in [0.1, 0.15) is 30.6 Å². The molecule has 1 heterocycles. The number of nitrogens with one attached hydrogen (secondary N) is 1. The molecule has 19 heavy (non-hydrogen) atoms. The predicted octanol–water partition coefficient (Wildman–Crippen LogP) is 2.37. The van der Waals surface area contributed by atoms with E-state index in [9.17, 15) is 9.59 Å². The standard InChI is InChI=1S/C15H18N2O2/c1-3-11(2)16-15(19)9-17-7-6-13-8-12(10-18)4-5-14(13)17/h4-8,10-11H,3,9H2,1-2H3,(H,16,19). The Hall–Kier alpha value is -2.10. The summed E-state index contributed by atoms with van der Waals surface area (Å²) in [6.07, 6.45) is 3.61. The lowest BCUT2D eigenvalue weighted by atomic mass is 10.2. The van der Waals surface area contributed by atoms with Crippen molar-refractivity contribution in [3.05, 3.63) is 36.0 Å². The maximum absolute atomic E-state index is 11.9. The van der Waals surface area contributed by atoms with Crippen LogP contribution in [0.2, 0.25) is 0 Å². The molecule has 4 nitrogen and oxygen atoms in total. The van der Waals surface area contributed by atoms with E-state index < -0.39 is 0 Å². The minimum Gasteiger partial charge on any atom is -0.352 e. The zero-order valence-corrected chi connectivity index (χ0v) is 11.2. The van der Waals surface area contributed by atoms with Gasteiger partial charge >= 0.3 is 0 Å². The molecule has 1 aromatic heterocycles. The number of carbonyl (C=O) groups is 2. The van der Waals surface area contributed by atoms with Gasteiger partial charge in [0.2, 0.25) is 5.91 Å². The van der Waals surface area contributed by atoms with E-state index in [1.165, 1.54) is 0 Å². The van der Waals surface area contributed by atoms with Gasteiger partial charge in [-0.1, -0.05) is 6.92 Å². The highest BCUT2D eigenvalue weighted by atomic mass is 16.2. The largest absolute Gasteiger partial charge is 0.352 e. The number of rotatable bonds is 5. The molecule has 1 aromatic carbocycles. The number of nitrogens with zero attached hydrogens (tertiary/aromatic N) is 1. The van der Waals surface area contributed by atoms with E-state index >= 15 is 0 Å². The maximum Gasteiger partial charge on any atom is 0.240 e. The third-order valence-electron chi connectivity index (χ3n) is 3.26. The SMILES string of the molecule is CCC(C)NC(=O)Cn1ccc2cc(C=O)ccc21. The van der Waals surface area contributed by atoms with E-state index in [1.807, 2.05) is 42.8 Å². The van der Waals surface area contributed by atoms with Gasteiger partial charge in [-0.2, -0.15) is 0 Å². The van der Waals surface area contributed by atoms with Crippen LogP contribution < -0.4 is 5.32 Å². The second kappa shape index (κ2) is 5.69. The molecule has 0 saturated heterocycles. The third kappa shape index (κ3) is 3.02. The summed E-state index contributed by atoms with van der Waals surface area (Å²) in [5.74, 6) is 0.00585. The van der Waals surface area contributed by atoms with Crippen LogP contribution in [-0.2, 0) is 11.3 Å². The summed E-state index contributed by atoms with van der Waals surface area (Å²) in [7, 11) is 0. The Labute approximate surface area is 112 Å². The molecule has 0 aliphatic rings. The van der Waals surface area contributed by atoms with Crippen molar-refractivity contribution >= 4 is 23.1 Å². The number of aldehydes is 1. The van der Waals surface area contributed by atoms with E-state index in [-0.39, 0.29) is 11.9 Å². The molecule has 4 heteroatoms. The highest BCUT2D eigenvalue weighted by molar-refractivity contribution is 5.88. The number of amides is 1. The lowest BCUT2D eigenvalue weighted by molar-refractivity contribution is -0.122. The number of benzene rings is 1. The normalized spacial score (nSPS) is 12.3. The van der Waals surface area contributed by atoms with E-state index in [4.69, 9.17) is 0 Å². The van der Waals surface area contributed by atoms with Gasteiger partial charge in [-0.15, -0.1) is 0 Å². The molecule has 100 valence electrons. The zero-order chi connectivity index (χ0) is 13.8. The van der Waals surface area contributed by atoms with Gasteiger partial charge in [0, 0.05) is 28.7 Å². The first-order chi connectivity index (χ1) is 9.13. The second-order valence-corrected chi connectivity index (χ2v) is 4.76. The van der Waals surface area contributed by atoms with Gasteiger partial charge in [0.1, 0.15) is 12.8 Å². The van der Waals surface area contributed by atoms with Crippen LogP contribution in [0, 0.1) is 0 Å². The maximum atomic E-state index is 11.9. The highest BCUT2D eigenvalue weighted by Gasteiger charge is 2.08. The summed E-state index contributed by atoms with van der Waals surface area (Å²) in [5, 5.41) is 3.91. The molecule has 1 N–H and O–H groups in total. The Balaban J connectivity index is 2.17. The fraction of sp³-hybridized carbons (Fsp3) is 0.333. The van der Waals surface area contributed by atoms with Crippen LogP contribution in [0.25, 0.3) is 10.9 Å². The van der Waals surface area contributed by atoms with Crippen molar-refractivity contribution in [1.29, 1.82) is 0 Å². The molecule has 0 radical (unpaired) electrons. The summed E-state index contributed by atoms with van der Waals surface area (Å²) < 4.78 is 1.89. The predicted molar refractivity (Wildman–Crippen MR) is 75.2 cm³/mol. The molecule has 2 rings (SSSR count). The summed E-state index contributed by atoms with van der Waals surface area (Å²) in [4.78, 5) is 22.6. The first kappa shape index (κ1) is 13.3. The minimum atomic E-state index is 0.00585. The molecule has 1 amide bonds. The fourth-order valence-corrected chi connectivity index (χ4v) is 2.01. The van der Waals surface area contributed by atoms with Gasteiger partial charge in [0.15, 0.2) is 0 Å². The number of hydrogen-bond donors (Lipinski definition) is 1. The number of hydrogen-bond acceptors (Lipinski definition) is 2. The smallest absolute Gasteiger partial charge is 0.240 e. The molecule has 0 saturated carbocycles. The molecular weight excluding hydrogens is 240 g/mol. The molecule has 0 fully saturated rings. The molecule has 0 aliphatic heterocycles. The fourth-order valence-electron chi connectivity index (χ4n) is 2.01. The van der Waals surface area contributed by atoms with Crippen molar-refractivity contribution in [2.75, 3.05) is 0 Å². The lowest BCUT2D eigenvalue weighted by Crippen LogP contribution is -2.34. The van der Waals surface area contributed by atoms with Crippen molar-refractivity contribution in [3.63, 3.8) is 0 Å². The van der Waals surface area contributed by atoms with E-state index in [1.54, 1.807) is 6.07 Å². The van der Waals surface area contributed by atoms with Crippen molar-refractivity contribution in [3.8, 4) is 0 Å². The number of carbonyl (C=O) groups excluding carboxylic acids is 2. The lowest BCUT2D eigenvalue weighted by Gasteiger charge is -2.12. The summed E-state index contributed by atoms with van der Waals surface area (Å²) in [6, 6.07) is 7.56. The second-order valence-electron chi connectivity index (χ2n) is 4.76. The van der Waals surface area contributed by atoms with Gasteiger partial charge in [-0.25, -0.2) is 0 Å². The first-order valence-corrected chi connectivity index (χ1v) is 6.47. The number of fused-ring (bicyclic) bond motifs is 1. The van der Waals surface area contributed by atoms with Gasteiger partial charge in [-0.05, 0) is 37.6 Å². The number of aromatic nitrogens is 1. The van der Waals surface area contributed by atoms with Gasteiger partial charge in [-0.3, -0.25) is 9.59 Å². The summed E-state index contributed by atoms with van der Waals surface area (Å²) in [6.45, 7) is 4.33. The topological polar surface area (TPSA) is 51.1 Å². The molecular formula is C15H18N2O2. The van der Waals surface area contributed by atoms with Gasteiger partial charge < -0.3 is 9.88 Å². The van der Waals surface area contributed by atoms with Crippen LogP contribution >= 0.6 is 0 Å². The van der Waals surface area contributed by atoms with Gasteiger partial charge in [0.05, 0.1) is 0 Å². The van der Waals surface area contributed by atoms with Gasteiger partial charge in [0.25, 0.3) is 0 Å². The molecule has 0 bridgehead atoms. The van der Waals surface area contributed by atoms with Crippen molar-refractivity contribution < 1.29 is 9.59 Å². The quantitative estimate of drug-likeness (QED) is 0.837. The minimum absolute atomic E-state index is 0.00585. The van der Waals surface area contributed by atoms with E-state index in [2.05, 4.69) is 5.32 Å². The Morgan fingerprint density at radius 1 is 1.42 bits per heavy atom. The van der Waals surface area contributed by atoms with Crippen molar-refractivity contribution in [2.24, 2.45) is 0 Å². The zero-order valence-electron chi connectivity index (χ0n) is 11.2. The average molecular weight is 258 g/mol. The van der Waals surface area contributed by atoms with Crippen LogP contribution in [0.5, 0.6) is 0 Å². The first-order valence-electron chi connectivity index (χ1n) is 6.47. The monoisotopic (exact) mass is 258 g/mol. The molecule has 0 aliphatic carbocycles. The van der Waals surface area contributed by atoms with Crippen LogP contribution in [0.4, 0.5) is 0 Å². The Bertz CT molecular complexity index is 601. The molecule has 0 spiro atoms. The van der Waals surface area contributed by atoms with Crippen LogP contribution in [0.15, 0.2) is 30.5 Å². The Kier molecular flexibility index (Phi) is 4.00. The molecule has 1 atom stereocenters. The summed E-state index contributed by atoms with van der Waals surface area (Å²) >= 11 is 0. The Morgan fingerprint density at radius 2 is 2.21 bits per heavy atom. The molecule has 2 aromatic rings. The molecule has 1 unspecified atom stereocenters. The van der Waals surface area contributed by atoms with Crippen LogP contribution in [-0.4, -0.2) is 22.8 Å². The highest BCUT2D eigenvalue weighted by Crippen LogP contribution is 2.16. The van der Waals surface area contributed by atoms with E-state index in [0.29, 0.717) is 12.1 Å². The van der Waals surface area contributed by atoms with Crippen molar-refractivity contribution in [1.82, 2.24) is 9.88 Å². The van der Waals surface area contributed by atoms with Crippen molar-refractivity contribution in [2.45, 2.75) is 32.9 Å². The van der Waals surface area contributed by atoms with Crippen LogP contribution in [0.3, 0.4) is 0 Å². The third-order valence-corrected chi connectivity index (χ3v) is 3.26.